The average Bonchev–Trinajstić information content (AvgIpc) is 2.44. The summed E-state index contributed by atoms with van der Waals surface area (Å²) in [6.45, 7) is 5.63. The summed E-state index contributed by atoms with van der Waals surface area (Å²) in [5, 5.41) is 0. The van der Waals surface area contributed by atoms with Gasteiger partial charge in [-0.3, -0.25) is 4.79 Å². The highest BCUT2D eigenvalue weighted by Gasteiger charge is 2.34. The van der Waals surface area contributed by atoms with Crippen LogP contribution in [0, 0.1) is 5.92 Å². The van der Waals surface area contributed by atoms with E-state index >= 15 is 0 Å². The maximum atomic E-state index is 12.3. The van der Waals surface area contributed by atoms with Crippen LogP contribution in [0.15, 0.2) is 24.3 Å². The number of carbonyl (C=O) groups is 1. The van der Waals surface area contributed by atoms with E-state index in [0.717, 1.165) is 24.1 Å². The largest absolute Gasteiger partial charge is 0.380 e. The maximum absolute atomic E-state index is 12.3. The minimum Gasteiger partial charge on any atom is -0.380 e. The first-order valence-corrected chi connectivity index (χ1v) is 7.65. The van der Waals surface area contributed by atoms with E-state index in [0.29, 0.717) is 18.9 Å². The van der Waals surface area contributed by atoms with E-state index in [-0.39, 0.29) is 18.0 Å². The van der Waals surface area contributed by atoms with Crippen molar-refractivity contribution in [3.63, 3.8) is 0 Å². The van der Waals surface area contributed by atoms with E-state index in [1.54, 1.807) is 7.11 Å². The smallest absolute Gasteiger partial charge is 0.223 e. The summed E-state index contributed by atoms with van der Waals surface area (Å²) in [6, 6.07) is 8.26. The number of hydrogen-bond donors (Lipinski definition) is 1. The minimum absolute atomic E-state index is 0.00900. The van der Waals surface area contributed by atoms with Gasteiger partial charge in [-0.2, -0.15) is 0 Å². The standard InChI is InChI=1S/C17H26N2O2/c1-12(2)10-19-16(20)9-8-15(18)17(19)14-6-4-13(5-7-14)11-21-3/h4-7,12,15,17H,8-11,18H2,1-3H3. The van der Waals surface area contributed by atoms with Gasteiger partial charge in [0.1, 0.15) is 0 Å². The van der Waals surface area contributed by atoms with Gasteiger partial charge in [-0.25, -0.2) is 0 Å². The number of nitrogens with zero attached hydrogens (tertiary/aromatic N) is 1. The van der Waals surface area contributed by atoms with Gasteiger partial charge in [-0.05, 0) is 23.5 Å². The molecule has 1 fully saturated rings. The third-order valence-corrected chi connectivity index (χ3v) is 3.95. The fraction of sp³-hybridized carbons (Fsp3) is 0.588. The predicted molar refractivity (Wildman–Crippen MR) is 83.7 cm³/mol. The second-order valence-corrected chi connectivity index (χ2v) is 6.26. The van der Waals surface area contributed by atoms with E-state index < -0.39 is 0 Å². The molecule has 0 bridgehead atoms. The Labute approximate surface area is 127 Å². The van der Waals surface area contributed by atoms with Crippen LogP contribution >= 0.6 is 0 Å². The Morgan fingerprint density at radius 3 is 2.57 bits per heavy atom. The van der Waals surface area contributed by atoms with Gasteiger partial charge in [0.15, 0.2) is 0 Å². The average molecular weight is 290 g/mol. The van der Waals surface area contributed by atoms with Gasteiger partial charge < -0.3 is 15.4 Å². The van der Waals surface area contributed by atoms with Crippen molar-refractivity contribution in [2.24, 2.45) is 11.7 Å². The Balaban J connectivity index is 2.24. The molecule has 1 aliphatic heterocycles. The minimum atomic E-state index is -0.00903. The van der Waals surface area contributed by atoms with Crippen LogP contribution in [0.4, 0.5) is 0 Å². The van der Waals surface area contributed by atoms with E-state index in [1.807, 2.05) is 4.90 Å². The van der Waals surface area contributed by atoms with Gasteiger partial charge in [-0.1, -0.05) is 38.1 Å². The fourth-order valence-electron chi connectivity index (χ4n) is 2.99. The SMILES string of the molecule is COCc1ccc(C2C(N)CCC(=O)N2CC(C)C)cc1. The Morgan fingerprint density at radius 1 is 1.33 bits per heavy atom. The van der Waals surface area contributed by atoms with Crippen molar-refractivity contribution in [1.29, 1.82) is 0 Å². The zero-order valence-corrected chi connectivity index (χ0v) is 13.2. The molecule has 1 amide bonds. The number of amides is 1. The number of benzene rings is 1. The summed E-state index contributed by atoms with van der Waals surface area (Å²) in [4.78, 5) is 14.2. The molecule has 1 aromatic carbocycles. The molecule has 2 unspecified atom stereocenters. The normalized spacial score (nSPS) is 22.9. The third kappa shape index (κ3) is 3.83. The molecule has 1 heterocycles. The molecule has 0 aliphatic carbocycles. The summed E-state index contributed by atoms with van der Waals surface area (Å²) >= 11 is 0. The summed E-state index contributed by atoms with van der Waals surface area (Å²) in [5.41, 5.74) is 8.57. The van der Waals surface area contributed by atoms with Crippen LogP contribution in [0.25, 0.3) is 0 Å². The molecule has 0 aromatic heterocycles. The summed E-state index contributed by atoms with van der Waals surface area (Å²) < 4.78 is 5.14. The maximum Gasteiger partial charge on any atom is 0.223 e. The van der Waals surface area contributed by atoms with Crippen LogP contribution in [0.2, 0.25) is 0 Å². The predicted octanol–water partition coefficient (Wildman–Crippen LogP) is 2.48. The van der Waals surface area contributed by atoms with Crippen LogP contribution in [0.3, 0.4) is 0 Å². The number of carbonyl (C=O) groups excluding carboxylic acids is 1. The second-order valence-electron chi connectivity index (χ2n) is 6.26. The lowest BCUT2D eigenvalue weighted by Crippen LogP contribution is -2.49. The van der Waals surface area contributed by atoms with Crippen molar-refractivity contribution in [3.8, 4) is 0 Å². The van der Waals surface area contributed by atoms with Crippen molar-refractivity contribution in [1.82, 2.24) is 4.90 Å². The topological polar surface area (TPSA) is 55.6 Å². The number of likely N-dealkylation sites (tertiary alicyclic amines) is 1. The van der Waals surface area contributed by atoms with Gasteiger partial charge in [0.05, 0.1) is 12.6 Å². The number of nitrogens with two attached hydrogens (primary N) is 1. The van der Waals surface area contributed by atoms with Crippen molar-refractivity contribution in [2.45, 2.75) is 45.4 Å². The first-order chi connectivity index (χ1) is 10.0. The molecule has 1 saturated heterocycles. The number of methoxy groups -OCH3 is 1. The quantitative estimate of drug-likeness (QED) is 0.906. The third-order valence-electron chi connectivity index (χ3n) is 3.95. The summed E-state index contributed by atoms with van der Waals surface area (Å²) in [7, 11) is 1.69. The van der Waals surface area contributed by atoms with Gasteiger partial charge in [0.2, 0.25) is 5.91 Å². The molecule has 1 aromatic rings. The summed E-state index contributed by atoms with van der Waals surface area (Å²) in [5.74, 6) is 0.658. The Bertz CT molecular complexity index is 470. The molecule has 21 heavy (non-hydrogen) atoms. The molecule has 2 atom stereocenters. The van der Waals surface area contributed by atoms with E-state index in [2.05, 4.69) is 38.1 Å². The number of hydrogen-bond acceptors (Lipinski definition) is 3. The van der Waals surface area contributed by atoms with Gasteiger partial charge in [-0.15, -0.1) is 0 Å². The van der Waals surface area contributed by atoms with Crippen LogP contribution in [-0.4, -0.2) is 30.5 Å². The molecule has 0 saturated carbocycles. The molecular weight excluding hydrogens is 264 g/mol. The molecule has 0 radical (unpaired) electrons. The molecule has 4 heteroatoms. The number of ether oxygens (including phenoxy) is 1. The Kier molecular flexibility index (Phi) is 5.37. The highest BCUT2D eigenvalue weighted by atomic mass is 16.5. The highest BCUT2D eigenvalue weighted by Crippen LogP contribution is 2.31. The Hall–Kier alpha value is -1.39. The highest BCUT2D eigenvalue weighted by molar-refractivity contribution is 5.78. The molecular formula is C17H26N2O2. The van der Waals surface area contributed by atoms with Gasteiger partial charge in [0, 0.05) is 26.1 Å². The van der Waals surface area contributed by atoms with E-state index in [4.69, 9.17) is 10.5 Å². The number of rotatable bonds is 5. The molecule has 1 aliphatic rings. The van der Waals surface area contributed by atoms with Crippen molar-refractivity contribution in [3.05, 3.63) is 35.4 Å². The zero-order valence-electron chi connectivity index (χ0n) is 13.2. The lowest BCUT2D eigenvalue weighted by molar-refractivity contribution is -0.138. The molecule has 2 N–H and O–H groups in total. The second kappa shape index (κ2) is 7.05. The molecule has 116 valence electrons. The monoisotopic (exact) mass is 290 g/mol. The molecule has 0 spiro atoms. The first-order valence-electron chi connectivity index (χ1n) is 7.65. The fourth-order valence-corrected chi connectivity index (χ4v) is 2.99. The lowest BCUT2D eigenvalue weighted by atomic mass is 9.89. The van der Waals surface area contributed by atoms with Crippen LogP contribution in [0.1, 0.15) is 43.9 Å². The summed E-state index contributed by atoms with van der Waals surface area (Å²) in [6.07, 6.45) is 1.32. The van der Waals surface area contributed by atoms with Gasteiger partial charge in [0.25, 0.3) is 0 Å². The number of piperidine rings is 1. The first kappa shape index (κ1) is 16.0. The Morgan fingerprint density at radius 2 is 2.00 bits per heavy atom. The molecule has 4 nitrogen and oxygen atoms in total. The van der Waals surface area contributed by atoms with Crippen molar-refractivity contribution < 1.29 is 9.53 Å². The van der Waals surface area contributed by atoms with Crippen LogP contribution in [-0.2, 0) is 16.1 Å². The van der Waals surface area contributed by atoms with Crippen LogP contribution in [0.5, 0.6) is 0 Å². The van der Waals surface area contributed by atoms with Crippen molar-refractivity contribution >= 4 is 5.91 Å². The molecule has 2 rings (SSSR count). The lowest BCUT2D eigenvalue weighted by Gasteiger charge is -2.41. The van der Waals surface area contributed by atoms with E-state index in [1.165, 1.54) is 0 Å². The van der Waals surface area contributed by atoms with Gasteiger partial charge >= 0.3 is 0 Å². The van der Waals surface area contributed by atoms with Crippen LogP contribution < -0.4 is 5.73 Å². The zero-order chi connectivity index (χ0) is 15.4. The van der Waals surface area contributed by atoms with Crippen molar-refractivity contribution in [2.75, 3.05) is 13.7 Å². The van der Waals surface area contributed by atoms with E-state index in [9.17, 15) is 4.79 Å².